The van der Waals surface area contributed by atoms with Crippen molar-refractivity contribution in [2.45, 2.75) is 6.42 Å². The summed E-state index contributed by atoms with van der Waals surface area (Å²) in [4.78, 5) is 15.7. The number of nitrogens with two attached hydrogens (primary N) is 2. The molecule has 0 unspecified atom stereocenters. The summed E-state index contributed by atoms with van der Waals surface area (Å²) in [5.41, 5.74) is 13.6. The first kappa shape index (κ1) is 11.8. The standard InChI is InChI=1S/C12H12N4O2S/c13-11-10(16-12(14)19-11)6-1-2-8-7(5-6)15-9(17)3-4-18-8/h1-2,5H,3-4,13H2,(H2,14,16)(H,15,17). The third kappa shape index (κ3) is 2.19. The topological polar surface area (TPSA) is 103 Å². The number of hydrogen-bond donors (Lipinski definition) is 3. The van der Waals surface area contributed by atoms with Gasteiger partial charge in [0.05, 0.1) is 18.7 Å². The lowest BCUT2D eigenvalue weighted by atomic mass is 10.1. The second kappa shape index (κ2) is 4.43. The number of nitrogen functional groups attached to an aromatic ring is 2. The van der Waals surface area contributed by atoms with Crippen LogP contribution in [0.5, 0.6) is 5.75 Å². The predicted molar refractivity (Wildman–Crippen MR) is 75.1 cm³/mol. The second-order valence-corrected chi connectivity index (χ2v) is 5.18. The summed E-state index contributed by atoms with van der Waals surface area (Å²) >= 11 is 1.23. The smallest absolute Gasteiger partial charge is 0.227 e. The maximum atomic E-state index is 11.5. The molecule has 1 aliphatic rings. The van der Waals surface area contributed by atoms with Crippen LogP contribution in [0.25, 0.3) is 11.3 Å². The summed E-state index contributed by atoms with van der Waals surface area (Å²) in [6.45, 7) is 0.379. The summed E-state index contributed by atoms with van der Waals surface area (Å²) in [5.74, 6) is 0.582. The number of carbonyl (C=O) groups is 1. The zero-order chi connectivity index (χ0) is 13.4. The van der Waals surface area contributed by atoms with Crippen molar-refractivity contribution in [2.24, 2.45) is 0 Å². The van der Waals surface area contributed by atoms with Gasteiger partial charge in [0, 0.05) is 5.56 Å². The molecule has 0 aliphatic carbocycles. The van der Waals surface area contributed by atoms with Gasteiger partial charge in [0.1, 0.15) is 16.4 Å². The van der Waals surface area contributed by atoms with Crippen LogP contribution < -0.4 is 21.5 Å². The lowest BCUT2D eigenvalue weighted by Crippen LogP contribution is -2.10. The van der Waals surface area contributed by atoms with E-state index in [4.69, 9.17) is 16.2 Å². The highest BCUT2D eigenvalue weighted by atomic mass is 32.1. The Morgan fingerprint density at radius 2 is 2.21 bits per heavy atom. The molecular formula is C12H12N4O2S. The molecule has 5 N–H and O–H groups in total. The van der Waals surface area contributed by atoms with Gasteiger partial charge in [0.25, 0.3) is 0 Å². The number of nitrogens with zero attached hydrogens (tertiary/aromatic N) is 1. The Kier molecular flexibility index (Phi) is 2.75. The minimum atomic E-state index is -0.0679. The second-order valence-electron chi connectivity index (χ2n) is 4.12. The van der Waals surface area contributed by atoms with Crippen molar-refractivity contribution in [3.63, 3.8) is 0 Å². The van der Waals surface area contributed by atoms with Crippen LogP contribution in [0.2, 0.25) is 0 Å². The minimum Gasteiger partial charge on any atom is -0.491 e. The molecule has 98 valence electrons. The van der Waals surface area contributed by atoms with Crippen molar-refractivity contribution >= 4 is 33.1 Å². The van der Waals surface area contributed by atoms with Crippen molar-refractivity contribution in [1.29, 1.82) is 0 Å². The highest BCUT2D eigenvalue weighted by Gasteiger charge is 2.16. The van der Waals surface area contributed by atoms with Crippen molar-refractivity contribution in [1.82, 2.24) is 4.98 Å². The Bertz CT molecular complexity index is 653. The number of ether oxygens (including phenoxy) is 1. The molecule has 1 aliphatic heterocycles. The van der Waals surface area contributed by atoms with E-state index in [1.54, 1.807) is 12.1 Å². The summed E-state index contributed by atoms with van der Waals surface area (Å²) in [6.07, 6.45) is 0.343. The summed E-state index contributed by atoms with van der Waals surface area (Å²) in [6, 6.07) is 5.44. The molecule has 0 bridgehead atoms. The number of fused-ring (bicyclic) bond motifs is 1. The van der Waals surface area contributed by atoms with E-state index in [0.717, 1.165) is 5.56 Å². The molecule has 0 atom stereocenters. The number of aromatic nitrogens is 1. The summed E-state index contributed by atoms with van der Waals surface area (Å²) in [7, 11) is 0. The lowest BCUT2D eigenvalue weighted by Gasteiger charge is -2.08. The third-order valence-corrected chi connectivity index (χ3v) is 3.50. The van der Waals surface area contributed by atoms with Gasteiger partial charge in [-0.3, -0.25) is 4.79 Å². The van der Waals surface area contributed by atoms with Gasteiger partial charge in [-0.1, -0.05) is 11.3 Å². The van der Waals surface area contributed by atoms with Crippen LogP contribution in [0.15, 0.2) is 18.2 Å². The highest BCUT2D eigenvalue weighted by molar-refractivity contribution is 7.19. The number of anilines is 3. The molecule has 1 aromatic carbocycles. The van der Waals surface area contributed by atoms with Crippen molar-refractivity contribution in [3.8, 4) is 17.0 Å². The number of hydrogen-bond acceptors (Lipinski definition) is 6. The van der Waals surface area contributed by atoms with Crippen LogP contribution in [-0.2, 0) is 4.79 Å². The number of amides is 1. The van der Waals surface area contributed by atoms with E-state index in [2.05, 4.69) is 10.3 Å². The Balaban J connectivity index is 2.05. The molecule has 1 amide bonds. The van der Waals surface area contributed by atoms with E-state index in [1.165, 1.54) is 11.3 Å². The number of nitrogens with one attached hydrogen (secondary N) is 1. The molecule has 2 heterocycles. The number of rotatable bonds is 1. The van der Waals surface area contributed by atoms with Gasteiger partial charge in [-0.25, -0.2) is 4.98 Å². The predicted octanol–water partition coefficient (Wildman–Crippen LogP) is 1.70. The van der Waals surface area contributed by atoms with E-state index in [9.17, 15) is 4.79 Å². The molecule has 6 nitrogen and oxygen atoms in total. The van der Waals surface area contributed by atoms with Crippen LogP contribution in [0, 0.1) is 0 Å². The average molecular weight is 276 g/mol. The quantitative estimate of drug-likeness (QED) is 0.735. The highest BCUT2D eigenvalue weighted by Crippen LogP contribution is 2.36. The molecular weight excluding hydrogens is 264 g/mol. The first-order valence-corrected chi connectivity index (χ1v) is 6.54. The summed E-state index contributed by atoms with van der Waals surface area (Å²) < 4.78 is 5.49. The SMILES string of the molecule is Nc1nc(-c2ccc3c(c2)NC(=O)CCO3)c(N)s1. The first-order chi connectivity index (χ1) is 9.13. The van der Waals surface area contributed by atoms with E-state index < -0.39 is 0 Å². The molecule has 3 rings (SSSR count). The zero-order valence-electron chi connectivity index (χ0n) is 9.97. The minimum absolute atomic E-state index is 0.0679. The molecule has 0 radical (unpaired) electrons. The van der Waals surface area contributed by atoms with Crippen LogP contribution in [-0.4, -0.2) is 17.5 Å². The average Bonchev–Trinajstić information content (AvgIpc) is 2.59. The Labute approximate surface area is 113 Å². The number of benzene rings is 1. The van der Waals surface area contributed by atoms with Gasteiger partial charge in [-0.15, -0.1) is 0 Å². The van der Waals surface area contributed by atoms with E-state index in [1.807, 2.05) is 6.07 Å². The van der Waals surface area contributed by atoms with Crippen molar-refractivity contribution < 1.29 is 9.53 Å². The van der Waals surface area contributed by atoms with E-state index in [-0.39, 0.29) is 5.91 Å². The van der Waals surface area contributed by atoms with E-state index in [0.29, 0.717) is 40.3 Å². The Morgan fingerprint density at radius 3 is 2.95 bits per heavy atom. The van der Waals surface area contributed by atoms with Gasteiger partial charge >= 0.3 is 0 Å². The van der Waals surface area contributed by atoms with Gasteiger partial charge < -0.3 is 21.5 Å². The van der Waals surface area contributed by atoms with Crippen molar-refractivity contribution in [3.05, 3.63) is 18.2 Å². The maximum absolute atomic E-state index is 11.5. The molecule has 0 spiro atoms. The van der Waals surface area contributed by atoms with Crippen LogP contribution in [0.3, 0.4) is 0 Å². The van der Waals surface area contributed by atoms with Crippen molar-refractivity contribution in [2.75, 3.05) is 23.4 Å². The molecule has 1 aromatic heterocycles. The molecule has 19 heavy (non-hydrogen) atoms. The zero-order valence-corrected chi connectivity index (χ0v) is 10.8. The fourth-order valence-electron chi connectivity index (χ4n) is 1.92. The first-order valence-electron chi connectivity index (χ1n) is 5.72. The van der Waals surface area contributed by atoms with Gasteiger partial charge in [-0.2, -0.15) is 0 Å². The monoisotopic (exact) mass is 276 g/mol. The van der Waals surface area contributed by atoms with Gasteiger partial charge in [-0.05, 0) is 18.2 Å². The van der Waals surface area contributed by atoms with Crippen LogP contribution >= 0.6 is 11.3 Å². The number of thiazole rings is 1. The largest absolute Gasteiger partial charge is 0.491 e. The Hall–Kier alpha value is -2.28. The fourth-order valence-corrected chi connectivity index (χ4v) is 2.55. The molecule has 0 saturated heterocycles. The van der Waals surface area contributed by atoms with Gasteiger partial charge in [0.2, 0.25) is 5.91 Å². The number of carbonyl (C=O) groups excluding carboxylic acids is 1. The van der Waals surface area contributed by atoms with Crippen LogP contribution in [0.1, 0.15) is 6.42 Å². The van der Waals surface area contributed by atoms with E-state index >= 15 is 0 Å². The third-order valence-electron chi connectivity index (χ3n) is 2.78. The fraction of sp³-hybridized carbons (Fsp3) is 0.167. The molecule has 0 saturated carbocycles. The normalized spacial score (nSPS) is 14.2. The Morgan fingerprint density at radius 1 is 1.37 bits per heavy atom. The van der Waals surface area contributed by atoms with Gasteiger partial charge in [0.15, 0.2) is 5.13 Å². The maximum Gasteiger partial charge on any atom is 0.227 e. The summed E-state index contributed by atoms with van der Waals surface area (Å²) in [5, 5.41) is 3.77. The molecule has 7 heteroatoms. The van der Waals surface area contributed by atoms with Crippen LogP contribution in [0.4, 0.5) is 15.8 Å². The molecule has 0 fully saturated rings. The molecule has 2 aromatic rings. The lowest BCUT2D eigenvalue weighted by molar-refractivity contribution is -0.116.